The van der Waals surface area contributed by atoms with Gasteiger partial charge >= 0.3 is 0 Å². The molecule has 7 nitrogen and oxygen atoms in total. The summed E-state index contributed by atoms with van der Waals surface area (Å²) >= 11 is 8.17. The quantitative estimate of drug-likeness (QED) is 0.275. The molecule has 202 valence electrons. The molecule has 2 atom stereocenters. The van der Waals surface area contributed by atoms with E-state index < -0.39 is 28.5 Å². The summed E-state index contributed by atoms with van der Waals surface area (Å²) < 4.78 is 29.5. The number of halogens is 2. The third-order valence-electron chi connectivity index (χ3n) is 6.16. The van der Waals surface area contributed by atoms with Crippen LogP contribution in [0.3, 0.4) is 0 Å². The molecule has 10 heteroatoms. The highest BCUT2D eigenvalue weighted by Crippen LogP contribution is 2.25. The molecule has 0 fully saturated rings. The highest BCUT2D eigenvalue weighted by Gasteiger charge is 2.32. The molecule has 0 saturated carbocycles. The lowest BCUT2D eigenvalue weighted by Crippen LogP contribution is -2.52. The third kappa shape index (κ3) is 7.70. The second-order valence-electron chi connectivity index (χ2n) is 8.94. The lowest BCUT2D eigenvalue weighted by atomic mass is 10.1. The van der Waals surface area contributed by atoms with Crippen molar-refractivity contribution in [2.24, 2.45) is 0 Å². The maximum Gasteiger partial charge on any atom is 0.264 e. The Labute approximate surface area is 243 Å². The number of carbonyl (C=O) groups is 2. The Balaban J connectivity index is 2.00. The molecule has 0 unspecified atom stereocenters. The number of benzene rings is 3. The van der Waals surface area contributed by atoms with Crippen molar-refractivity contribution in [2.45, 2.75) is 50.7 Å². The van der Waals surface area contributed by atoms with Crippen LogP contribution in [0.5, 0.6) is 0 Å². The van der Waals surface area contributed by atoms with E-state index in [1.807, 2.05) is 13.8 Å². The van der Waals surface area contributed by atoms with Crippen LogP contribution in [0.1, 0.15) is 32.8 Å². The number of hydrogen-bond donors (Lipinski definition) is 1. The van der Waals surface area contributed by atoms with Gasteiger partial charge in [-0.1, -0.05) is 48.9 Å². The molecule has 0 bridgehead atoms. The highest BCUT2D eigenvalue weighted by molar-refractivity contribution is 14.1. The Morgan fingerprint density at radius 2 is 1.55 bits per heavy atom. The summed E-state index contributed by atoms with van der Waals surface area (Å²) in [6, 6.07) is 20.9. The number of carbonyl (C=O) groups excluding carboxylic acids is 2. The monoisotopic (exact) mass is 667 g/mol. The summed E-state index contributed by atoms with van der Waals surface area (Å²) in [7, 11) is -4.08. The summed E-state index contributed by atoms with van der Waals surface area (Å²) in [6.07, 6.45) is 0.736. The molecule has 0 radical (unpaired) electrons. The number of amides is 2. The van der Waals surface area contributed by atoms with Crippen LogP contribution in [-0.4, -0.2) is 43.8 Å². The number of hydrogen-bond acceptors (Lipinski definition) is 4. The zero-order valence-corrected chi connectivity index (χ0v) is 25.2. The van der Waals surface area contributed by atoms with Crippen LogP contribution in [0, 0.1) is 3.57 Å². The van der Waals surface area contributed by atoms with Crippen molar-refractivity contribution in [2.75, 3.05) is 10.8 Å². The standard InChI is InChI=1S/C28H31ClIN3O4S/c1-4-20(2)31-28(35)21(3)32(18-22-10-12-23(29)13-11-22)27(34)19-33(25-16-14-24(30)15-17-25)38(36,37)26-8-6-5-7-9-26/h5-17,20-21H,4,18-19H2,1-3H3,(H,31,35)/t20-,21-/m0/s1. The Morgan fingerprint density at radius 3 is 2.13 bits per heavy atom. The predicted octanol–water partition coefficient (Wildman–Crippen LogP) is 5.47. The first-order chi connectivity index (χ1) is 18.0. The Kier molecular flexibility index (Phi) is 10.6. The molecule has 3 rings (SSSR count). The molecule has 3 aromatic carbocycles. The molecule has 0 aliphatic heterocycles. The van der Waals surface area contributed by atoms with Crippen LogP contribution < -0.4 is 9.62 Å². The molecule has 0 spiro atoms. The van der Waals surface area contributed by atoms with Crippen molar-refractivity contribution in [3.05, 3.63) is 93.0 Å². The van der Waals surface area contributed by atoms with Gasteiger partial charge in [0.15, 0.2) is 0 Å². The SMILES string of the molecule is CC[C@H](C)NC(=O)[C@H](C)N(Cc1ccc(Cl)cc1)C(=O)CN(c1ccc(I)cc1)S(=O)(=O)c1ccccc1. The average Bonchev–Trinajstić information content (AvgIpc) is 2.91. The second-order valence-corrected chi connectivity index (χ2v) is 12.5. The Hall–Kier alpha value is -2.63. The Morgan fingerprint density at radius 1 is 0.947 bits per heavy atom. The van der Waals surface area contributed by atoms with Crippen LogP contribution in [-0.2, 0) is 26.2 Å². The van der Waals surface area contributed by atoms with Gasteiger partial charge < -0.3 is 10.2 Å². The van der Waals surface area contributed by atoms with E-state index in [-0.39, 0.29) is 23.4 Å². The van der Waals surface area contributed by atoms with Crippen LogP contribution in [0.4, 0.5) is 5.69 Å². The number of nitrogens with one attached hydrogen (secondary N) is 1. The lowest BCUT2D eigenvalue weighted by molar-refractivity contribution is -0.139. The Bertz CT molecular complexity index is 1340. The number of sulfonamides is 1. The van der Waals surface area contributed by atoms with E-state index in [0.29, 0.717) is 10.7 Å². The maximum absolute atomic E-state index is 13.9. The molecule has 0 aliphatic carbocycles. The molecule has 0 heterocycles. The molecular formula is C28H31ClIN3O4S. The van der Waals surface area contributed by atoms with E-state index in [4.69, 9.17) is 11.6 Å². The highest BCUT2D eigenvalue weighted by atomic mass is 127. The fraction of sp³-hybridized carbons (Fsp3) is 0.286. The first-order valence-corrected chi connectivity index (χ1v) is 15.1. The molecule has 1 N–H and O–H groups in total. The molecule has 0 saturated heterocycles. The van der Waals surface area contributed by atoms with Gasteiger partial charge in [0.05, 0.1) is 10.6 Å². The van der Waals surface area contributed by atoms with Gasteiger partial charge in [-0.2, -0.15) is 0 Å². The van der Waals surface area contributed by atoms with E-state index in [2.05, 4.69) is 27.9 Å². The summed E-state index contributed by atoms with van der Waals surface area (Å²) in [6.45, 7) is 5.12. The second kappa shape index (κ2) is 13.4. The van der Waals surface area contributed by atoms with Crippen LogP contribution in [0.25, 0.3) is 0 Å². The molecule has 3 aromatic rings. The van der Waals surface area contributed by atoms with E-state index in [0.717, 1.165) is 19.9 Å². The van der Waals surface area contributed by atoms with Crippen LogP contribution >= 0.6 is 34.2 Å². The van der Waals surface area contributed by atoms with Gasteiger partial charge in [0, 0.05) is 21.2 Å². The average molecular weight is 668 g/mol. The minimum absolute atomic E-state index is 0.0677. The molecule has 0 aromatic heterocycles. The smallest absolute Gasteiger partial charge is 0.264 e. The number of nitrogens with zero attached hydrogens (tertiary/aromatic N) is 2. The zero-order chi connectivity index (χ0) is 27.9. The van der Waals surface area contributed by atoms with Gasteiger partial charge in [0.2, 0.25) is 11.8 Å². The summed E-state index contributed by atoms with van der Waals surface area (Å²) in [5.41, 5.74) is 1.11. The van der Waals surface area contributed by atoms with Gasteiger partial charge in [0.25, 0.3) is 10.0 Å². The summed E-state index contributed by atoms with van der Waals surface area (Å²) in [5, 5.41) is 3.47. The number of rotatable bonds is 11. The van der Waals surface area contributed by atoms with Crippen molar-refractivity contribution in [1.82, 2.24) is 10.2 Å². The largest absolute Gasteiger partial charge is 0.352 e. The minimum Gasteiger partial charge on any atom is -0.352 e. The van der Waals surface area contributed by atoms with E-state index in [1.54, 1.807) is 73.7 Å². The predicted molar refractivity (Wildman–Crippen MR) is 159 cm³/mol. The first kappa shape index (κ1) is 29.9. The van der Waals surface area contributed by atoms with Crippen LogP contribution in [0.15, 0.2) is 83.8 Å². The molecular weight excluding hydrogens is 637 g/mol. The van der Waals surface area contributed by atoms with Crippen molar-refractivity contribution in [1.29, 1.82) is 0 Å². The van der Waals surface area contributed by atoms with Crippen molar-refractivity contribution < 1.29 is 18.0 Å². The zero-order valence-electron chi connectivity index (χ0n) is 21.5. The third-order valence-corrected chi connectivity index (χ3v) is 8.92. The van der Waals surface area contributed by atoms with E-state index >= 15 is 0 Å². The van der Waals surface area contributed by atoms with Crippen molar-refractivity contribution in [3.63, 3.8) is 0 Å². The summed E-state index contributed by atoms with van der Waals surface area (Å²) in [5.74, 6) is -0.821. The van der Waals surface area contributed by atoms with Gasteiger partial charge in [0.1, 0.15) is 12.6 Å². The molecule has 2 amide bonds. The van der Waals surface area contributed by atoms with Gasteiger partial charge in [-0.3, -0.25) is 13.9 Å². The minimum atomic E-state index is -4.08. The fourth-order valence-electron chi connectivity index (χ4n) is 3.69. The summed E-state index contributed by atoms with van der Waals surface area (Å²) in [4.78, 5) is 28.4. The van der Waals surface area contributed by atoms with Crippen molar-refractivity contribution in [3.8, 4) is 0 Å². The molecule has 38 heavy (non-hydrogen) atoms. The van der Waals surface area contributed by atoms with E-state index in [1.165, 1.54) is 17.0 Å². The number of anilines is 1. The normalized spacial score (nSPS) is 12.9. The first-order valence-electron chi connectivity index (χ1n) is 12.2. The van der Waals surface area contributed by atoms with Gasteiger partial charge in [-0.25, -0.2) is 8.42 Å². The van der Waals surface area contributed by atoms with Crippen molar-refractivity contribution >= 4 is 61.7 Å². The fourth-order valence-corrected chi connectivity index (χ4v) is 5.61. The van der Waals surface area contributed by atoms with Gasteiger partial charge in [-0.15, -0.1) is 0 Å². The maximum atomic E-state index is 13.9. The lowest BCUT2D eigenvalue weighted by Gasteiger charge is -2.32. The molecule has 0 aliphatic rings. The topological polar surface area (TPSA) is 86.8 Å². The van der Waals surface area contributed by atoms with E-state index in [9.17, 15) is 18.0 Å². The van der Waals surface area contributed by atoms with Gasteiger partial charge in [-0.05, 0) is 97.0 Å². The van der Waals surface area contributed by atoms with Crippen LogP contribution in [0.2, 0.25) is 5.02 Å².